The van der Waals surface area contributed by atoms with E-state index in [4.69, 9.17) is 13.6 Å². The number of hydrogen-bond acceptors (Lipinski definition) is 3. The van der Waals surface area contributed by atoms with Gasteiger partial charge in [-0.05, 0) is 36.3 Å². The summed E-state index contributed by atoms with van der Waals surface area (Å²) in [5.74, 6) is 0. The molecule has 0 saturated heterocycles. The van der Waals surface area contributed by atoms with Gasteiger partial charge in [0, 0.05) is 0 Å². The molecule has 136 valence electrons. The van der Waals surface area contributed by atoms with E-state index in [2.05, 4.69) is 79.9 Å². The lowest BCUT2D eigenvalue weighted by Crippen LogP contribution is -2.50. The van der Waals surface area contributed by atoms with Gasteiger partial charge in [-0.2, -0.15) is 0 Å². The minimum absolute atomic E-state index is 0.00301. The third kappa shape index (κ3) is 5.53. The molecule has 0 N–H and O–H groups in total. The Kier molecular flexibility index (Phi) is 6.53. The number of rotatable bonds is 5. The highest BCUT2D eigenvalue weighted by Gasteiger charge is 2.42. The average molecular weight is 359 g/mol. The van der Waals surface area contributed by atoms with E-state index in [1.54, 1.807) is 0 Å². The van der Waals surface area contributed by atoms with E-state index >= 15 is 0 Å². The molecule has 0 fully saturated rings. The van der Waals surface area contributed by atoms with Crippen molar-refractivity contribution in [1.82, 2.24) is 0 Å². The summed E-state index contributed by atoms with van der Waals surface area (Å²) in [7, 11) is -3.58. The maximum atomic E-state index is 6.57. The van der Waals surface area contributed by atoms with E-state index in [9.17, 15) is 0 Å². The molecule has 0 unspecified atom stereocenters. The zero-order chi connectivity index (χ0) is 18.1. The Morgan fingerprint density at radius 3 is 1.96 bits per heavy atom. The molecule has 1 aliphatic rings. The van der Waals surface area contributed by atoms with Crippen molar-refractivity contribution in [3.05, 3.63) is 12.2 Å². The Bertz CT molecular complexity index is 417. The second-order valence-corrected chi connectivity index (χ2v) is 19.3. The Labute approximate surface area is 146 Å². The minimum Gasteiger partial charge on any atom is -0.414 e. The van der Waals surface area contributed by atoms with Gasteiger partial charge in [-0.15, -0.1) is 0 Å². The summed E-state index contributed by atoms with van der Waals surface area (Å²) in [6.07, 6.45) is 4.25. The molecule has 0 bridgehead atoms. The highest BCUT2D eigenvalue weighted by Crippen LogP contribution is 2.39. The van der Waals surface area contributed by atoms with E-state index in [-0.39, 0.29) is 22.3 Å². The summed E-state index contributed by atoms with van der Waals surface area (Å²) in [5.41, 5.74) is 0. The standard InChI is InChI=1S/C18H38O3Si2/c1-17(2,3)22(7,8)20-14-16-15(12-11-13-19-16)21-23(9,10)18(4,5)6/h11-12,15-16H,13-14H2,1-10H3/t15-,16+/m0/s1. The van der Waals surface area contributed by atoms with Crippen LogP contribution in [0.2, 0.25) is 36.3 Å². The van der Waals surface area contributed by atoms with Crippen LogP contribution in [0.5, 0.6) is 0 Å². The predicted octanol–water partition coefficient (Wildman–Crippen LogP) is 5.35. The third-order valence-corrected chi connectivity index (χ3v) is 14.7. The molecule has 3 nitrogen and oxygen atoms in total. The molecule has 5 heteroatoms. The van der Waals surface area contributed by atoms with Crippen LogP contribution in [0.25, 0.3) is 0 Å². The zero-order valence-electron chi connectivity index (χ0n) is 16.9. The van der Waals surface area contributed by atoms with Crippen LogP contribution in [0.3, 0.4) is 0 Å². The van der Waals surface area contributed by atoms with Crippen LogP contribution in [0.15, 0.2) is 12.2 Å². The van der Waals surface area contributed by atoms with Crippen LogP contribution in [0.1, 0.15) is 41.5 Å². The monoisotopic (exact) mass is 358 g/mol. The van der Waals surface area contributed by atoms with Gasteiger partial charge in [-0.3, -0.25) is 0 Å². The fraction of sp³-hybridized carbons (Fsp3) is 0.889. The summed E-state index contributed by atoms with van der Waals surface area (Å²) in [6.45, 7) is 24.1. The van der Waals surface area contributed by atoms with Gasteiger partial charge >= 0.3 is 0 Å². The average Bonchev–Trinajstić information content (AvgIpc) is 2.34. The molecule has 1 aliphatic heterocycles. The normalized spacial score (nSPS) is 24.1. The fourth-order valence-corrected chi connectivity index (χ4v) is 4.15. The number of ether oxygens (including phenoxy) is 1. The fourth-order valence-electron chi connectivity index (χ4n) is 1.87. The second-order valence-electron chi connectivity index (χ2n) is 9.71. The maximum Gasteiger partial charge on any atom is 0.193 e. The lowest BCUT2D eigenvalue weighted by atomic mass is 10.2. The molecular formula is C18H38O3Si2. The lowest BCUT2D eigenvalue weighted by molar-refractivity contribution is -0.0364. The molecule has 0 saturated carbocycles. The van der Waals surface area contributed by atoms with Crippen LogP contribution < -0.4 is 0 Å². The third-order valence-electron chi connectivity index (χ3n) is 5.75. The van der Waals surface area contributed by atoms with Crippen molar-refractivity contribution in [3.8, 4) is 0 Å². The Balaban J connectivity index is 2.77. The summed E-state index contributed by atoms with van der Waals surface area (Å²) < 4.78 is 18.9. The molecule has 0 aromatic rings. The SMILES string of the molecule is CC(C)(C)[Si](C)(C)OC[C@H]1OCC=C[C@@H]1O[Si](C)(C)C(C)(C)C. The summed E-state index contributed by atoms with van der Waals surface area (Å²) in [4.78, 5) is 0. The zero-order valence-corrected chi connectivity index (χ0v) is 18.9. The molecule has 2 atom stereocenters. The van der Waals surface area contributed by atoms with Gasteiger partial charge in [0.05, 0.1) is 19.3 Å². The van der Waals surface area contributed by atoms with Crippen molar-refractivity contribution in [3.63, 3.8) is 0 Å². The van der Waals surface area contributed by atoms with Gasteiger partial charge in [0.1, 0.15) is 6.10 Å². The van der Waals surface area contributed by atoms with Crippen molar-refractivity contribution >= 4 is 16.6 Å². The van der Waals surface area contributed by atoms with Crippen LogP contribution in [-0.4, -0.2) is 42.1 Å². The van der Waals surface area contributed by atoms with Gasteiger partial charge in [-0.25, -0.2) is 0 Å². The van der Waals surface area contributed by atoms with E-state index in [0.29, 0.717) is 13.2 Å². The smallest absolute Gasteiger partial charge is 0.193 e. The summed E-state index contributed by atoms with van der Waals surface area (Å²) in [6, 6.07) is 0. The highest BCUT2D eigenvalue weighted by atomic mass is 28.4. The van der Waals surface area contributed by atoms with E-state index < -0.39 is 16.6 Å². The van der Waals surface area contributed by atoms with Crippen molar-refractivity contribution in [2.24, 2.45) is 0 Å². The first-order valence-electron chi connectivity index (χ1n) is 8.77. The minimum atomic E-state index is -1.82. The largest absolute Gasteiger partial charge is 0.414 e. The van der Waals surface area contributed by atoms with Crippen LogP contribution in [-0.2, 0) is 13.6 Å². The Morgan fingerprint density at radius 1 is 0.957 bits per heavy atom. The Hall–Kier alpha value is 0.0538. The van der Waals surface area contributed by atoms with Crippen molar-refractivity contribution in [2.75, 3.05) is 13.2 Å². The summed E-state index contributed by atoms with van der Waals surface area (Å²) in [5, 5.41) is 0.413. The molecule has 0 spiro atoms. The maximum absolute atomic E-state index is 6.57. The van der Waals surface area contributed by atoms with Gasteiger partial charge in [0.2, 0.25) is 0 Å². The van der Waals surface area contributed by atoms with Crippen molar-refractivity contribution in [2.45, 2.75) is 90.0 Å². The molecule has 0 aliphatic carbocycles. The topological polar surface area (TPSA) is 27.7 Å². The number of hydrogen-bond donors (Lipinski definition) is 0. The predicted molar refractivity (Wildman–Crippen MR) is 104 cm³/mol. The first-order chi connectivity index (χ1) is 10.2. The first-order valence-corrected chi connectivity index (χ1v) is 14.6. The van der Waals surface area contributed by atoms with E-state index in [1.807, 2.05) is 0 Å². The van der Waals surface area contributed by atoms with Gasteiger partial charge in [-0.1, -0.05) is 53.7 Å². The first kappa shape index (κ1) is 21.1. The summed E-state index contributed by atoms with van der Waals surface area (Å²) >= 11 is 0. The molecule has 1 rings (SSSR count). The van der Waals surface area contributed by atoms with Crippen molar-refractivity contribution in [1.29, 1.82) is 0 Å². The molecule has 0 amide bonds. The molecule has 0 radical (unpaired) electrons. The molecule has 0 aromatic heterocycles. The highest BCUT2D eigenvalue weighted by molar-refractivity contribution is 6.74. The van der Waals surface area contributed by atoms with E-state index in [0.717, 1.165) is 0 Å². The molecular weight excluding hydrogens is 320 g/mol. The van der Waals surface area contributed by atoms with Crippen LogP contribution in [0, 0.1) is 0 Å². The quantitative estimate of drug-likeness (QED) is 0.489. The van der Waals surface area contributed by atoms with Gasteiger partial charge < -0.3 is 13.6 Å². The second kappa shape index (κ2) is 7.12. The molecule has 0 aromatic carbocycles. The molecule has 1 heterocycles. The lowest BCUT2D eigenvalue weighted by Gasteiger charge is -2.42. The van der Waals surface area contributed by atoms with Gasteiger partial charge in [0.15, 0.2) is 16.6 Å². The van der Waals surface area contributed by atoms with Crippen LogP contribution in [0.4, 0.5) is 0 Å². The Morgan fingerprint density at radius 2 is 1.48 bits per heavy atom. The van der Waals surface area contributed by atoms with Gasteiger partial charge in [0.25, 0.3) is 0 Å². The van der Waals surface area contributed by atoms with Crippen LogP contribution >= 0.6 is 0 Å². The van der Waals surface area contributed by atoms with E-state index in [1.165, 1.54) is 0 Å². The molecule has 23 heavy (non-hydrogen) atoms. The van der Waals surface area contributed by atoms with Crippen molar-refractivity contribution < 1.29 is 13.6 Å².